The van der Waals surface area contributed by atoms with Gasteiger partial charge in [0.15, 0.2) is 0 Å². The molecule has 108 valence electrons. The van der Waals surface area contributed by atoms with E-state index in [1.165, 1.54) is 29.7 Å². The van der Waals surface area contributed by atoms with Gasteiger partial charge in [0.1, 0.15) is 5.69 Å². The summed E-state index contributed by atoms with van der Waals surface area (Å²) in [6.45, 7) is -0.183. The molecule has 0 saturated carbocycles. The number of carboxylic acid groups (broad SMARTS) is 1. The van der Waals surface area contributed by atoms with Crippen molar-refractivity contribution in [1.29, 1.82) is 0 Å². The second kappa shape index (κ2) is 6.62. The first-order chi connectivity index (χ1) is 10.1. The number of nitrogens with zero attached hydrogens (tertiary/aromatic N) is 1. The maximum Gasteiger partial charge on any atom is 0.354 e. The Morgan fingerprint density at radius 2 is 2.05 bits per heavy atom. The van der Waals surface area contributed by atoms with Gasteiger partial charge in [-0.1, -0.05) is 6.07 Å². The van der Waals surface area contributed by atoms with Gasteiger partial charge in [0.2, 0.25) is 5.91 Å². The van der Waals surface area contributed by atoms with Crippen molar-refractivity contribution in [3.63, 3.8) is 0 Å². The maximum absolute atomic E-state index is 11.6. The minimum absolute atomic E-state index is 0.112. The second-order valence-electron chi connectivity index (χ2n) is 3.95. The Kier molecular flexibility index (Phi) is 4.62. The van der Waals surface area contributed by atoms with Gasteiger partial charge in [-0.3, -0.25) is 9.59 Å². The van der Waals surface area contributed by atoms with E-state index in [9.17, 15) is 14.4 Å². The molecule has 2 aromatic rings. The molecule has 8 heteroatoms. The summed E-state index contributed by atoms with van der Waals surface area (Å²) in [7, 11) is 0. The van der Waals surface area contributed by atoms with Crippen molar-refractivity contribution in [1.82, 2.24) is 10.3 Å². The lowest BCUT2D eigenvalue weighted by Crippen LogP contribution is -2.32. The van der Waals surface area contributed by atoms with Gasteiger partial charge >= 0.3 is 5.97 Å². The van der Waals surface area contributed by atoms with E-state index in [1.807, 2.05) is 0 Å². The molecule has 0 unspecified atom stereocenters. The number of thiophene rings is 1. The number of aromatic carboxylic acids is 1. The van der Waals surface area contributed by atoms with Gasteiger partial charge in [0, 0.05) is 0 Å². The van der Waals surface area contributed by atoms with E-state index in [-0.39, 0.29) is 18.1 Å². The molecule has 3 N–H and O–H groups in total. The highest BCUT2D eigenvalue weighted by molar-refractivity contribution is 7.12. The molecule has 2 amide bonds. The lowest BCUT2D eigenvalue weighted by molar-refractivity contribution is -0.115. The van der Waals surface area contributed by atoms with Crippen molar-refractivity contribution in [2.45, 2.75) is 0 Å². The molecule has 0 radical (unpaired) electrons. The summed E-state index contributed by atoms with van der Waals surface area (Å²) in [5.74, 6) is -1.89. The molecule has 0 aliphatic rings. The zero-order valence-electron chi connectivity index (χ0n) is 10.7. The first-order valence-electron chi connectivity index (χ1n) is 5.87. The van der Waals surface area contributed by atoms with E-state index in [0.29, 0.717) is 10.6 Å². The number of pyridine rings is 1. The van der Waals surface area contributed by atoms with Gasteiger partial charge in [0.05, 0.1) is 23.3 Å². The number of carbonyl (C=O) groups is 3. The third-order valence-corrected chi connectivity index (χ3v) is 3.29. The smallest absolute Gasteiger partial charge is 0.354 e. The minimum atomic E-state index is -1.14. The van der Waals surface area contributed by atoms with Crippen LogP contribution in [0.1, 0.15) is 20.2 Å². The Hall–Kier alpha value is -2.74. The largest absolute Gasteiger partial charge is 0.477 e. The molecule has 0 bridgehead atoms. The van der Waals surface area contributed by atoms with Crippen LogP contribution in [0, 0.1) is 0 Å². The molecule has 2 heterocycles. The van der Waals surface area contributed by atoms with Crippen LogP contribution in [0.15, 0.2) is 35.8 Å². The Labute approximate surface area is 123 Å². The SMILES string of the molecule is O=C(CNC(=O)c1cccs1)Nc1ccc(C(=O)O)nc1. The predicted octanol–water partition coefficient (Wildman–Crippen LogP) is 1.21. The summed E-state index contributed by atoms with van der Waals surface area (Å²) >= 11 is 1.28. The Bertz CT molecular complexity index is 653. The van der Waals surface area contributed by atoms with Crippen LogP contribution >= 0.6 is 11.3 Å². The molecule has 0 aromatic carbocycles. The zero-order chi connectivity index (χ0) is 15.2. The van der Waals surface area contributed by atoms with E-state index in [2.05, 4.69) is 15.6 Å². The fourth-order valence-electron chi connectivity index (χ4n) is 1.45. The number of nitrogens with one attached hydrogen (secondary N) is 2. The van der Waals surface area contributed by atoms with Crippen LogP contribution in [0.2, 0.25) is 0 Å². The molecule has 2 aromatic heterocycles. The Morgan fingerprint density at radius 3 is 2.62 bits per heavy atom. The molecule has 0 fully saturated rings. The van der Waals surface area contributed by atoms with Crippen molar-refractivity contribution in [3.05, 3.63) is 46.4 Å². The molecular formula is C13H11N3O4S. The number of amides is 2. The third kappa shape index (κ3) is 4.11. The summed E-state index contributed by atoms with van der Waals surface area (Å²) in [5, 5.41) is 15.4. The summed E-state index contributed by atoms with van der Waals surface area (Å²) in [6.07, 6.45) is 1.24. The average Bonchev–Trinajstić information content (AvgIpc) is 2.99. The van der Waals surface area contributed by atoms with E-state index in [1.54, 1.807) is 17.5 Å². The highest BCUT2D eigenvalue weighted by Crippen LogP contribution is 2.08. The summed E-state index contributed by atoms with van der Waals surface area (Å²) in [5.41, 5.74) is 0.245. The van der Waals surface area contributed by atoms with Crippen LogP contribution in [0.25, 0.3) is 0 Å². The summed E-state index contributed by atoms with van der Waals surface area (Å²) < 4.78 is 0. The number of hydrogen-bond acceptors (Lipinski definition) is 5. The van der Waals surface area contributed by atoms with Crippen LogP contribution in [0.5, 0.6) is 0 Å². The summed E-state index contributed by atoms with van der Waals surface area (Å²) in [6, 6.07) is 6.11. The molecule has 0 atom stereocenters. The fraction of sp³-hybridized carbons (Fsp3) is 0.0769. The number of rotatable bonds is 5. The molecule has 7 nitrogen and oxygen atoms in total. The topological polar surface area (TPSA) is 108 Å². The molecule has 0 aliphatic heterocycles. The van der Waals surface area contributed by atoms with Crippen LogP contribution < -0.4 is 10.6 Å². The lowest BCUT2D eigenvalue weighted by Gasteiger charge is -2.06. The molecule has 21 heavy (non-hydrogen) atoms. The second-order valence-corrected chi connectivity index (χ2v) is 4.89. The number of carbonyl (C=O) groups excluding carboxylic acids is 2. The Morgan fingerprint density at radius 1 is 1.24 bits per heavy atom. The van der Waals surface area contributed by atoms with Gasteiger partial charge < -0.3 is 15.7 Å². The van der Waals surface area contributed by atoms with Gasteiger partial charge in [-0.2, -0.15) is 0 Å². The monoisotopic (exact) mass is 305 g/mol. The first kappa shape index (κ1) is 14.7. The Balaban J connectivity index is 1.84. The number of aromatic nitrogens is 1. The molecule has 0 aliphatic carbocycles. The predicted molar refractivity (Wildman–Crippen MR) is 76.5 cm³/mol. The van der Waals surface area contributed by atoms with Gasteiger partial charge in [0.25, 0.3) is 5.91 Å². The number of carboxylic acids is 1. The van der Waals surface area contributed by atoms with Crippen molar-refractivity contribution in [2.75, 3.05) is 11.9 Å². The molecular weight excluding hydrogens is 294 g/mol. The van der Waals surface area contributed by atoms with Crippen molar-refractivity contribution in [2.24, 2.45) is 0 Å². The van der Waals surface area contributed by atoms with E-state index in [4.69, 9.17) is 5.11 Å². The van der Waals surface area contributed by atoms with Crippen LogP contribution in [-0.4, -0.2) is 34.4 Å². The third-order valence-electron chi connectivity index (χ3n) is 2.42. The van der Waals surface area contributed by atoms with Crippen molar-refractivity contribution in [3.8, 4) is 0 Å². The van der Waals surface area contributed by atoms with Crippen LogP contribution in [0.3, 0.4) is 0 Å². The number of anilines is 1. The van der Waals surface area contributed by atoms with E-state index < -0.39 is 11.9 Å². The standard InChI is InChI=1S/C13H11N3O4S/c17-11(7-15-12(18)10-2-1-5-21-10)16-8-3-4-9(13(19)20)14-6-8/h1-6H,7H2,(H,15,18)(H,16,17)(H,19,20). The average molecular weight is 305 g/mol. The first-order valence-corrected chi connectivity index (χ1v) is 6.75. The minimum Gasteiger partial charge on any atom is -0.477 e. The van der Waals surface area contributed by atoms with Gasteiger partial charge in [-0.05, 0) is 23.6 Å². The maximum atomic E-state index is 11.6. The van der Waals surface area contributed by atoms with Crippen molar-refractivity contribution >= 4 is 34.8 Å². The zero-order valence-corrected chi connectivity index (χ0v) is 11.5. The van der Waals surface area contributed by atoms with Crippen LogP contribution in [0.4, 0.5) is 5.69 Å². The van der Waals surface area contributed by atoms with Crippen molar-refractivity contribution < 1.29 is 19.5 Å². The molecule has 2 rings (SSSR count). The van der Waals surface area contributed by atoms with Crippen LogP contribution in [-0.2, 0) is 4.79 Å². The summed E-state index contributed by atoms with van der Waals surface area (Å²) in [4.78, 5) is 38.1. The van der Waals surface area contributed by atoms with E-state index in [0.717, 1.165) is 0 Å². The van der Waals surface area contributed by atoms with Gasteiger partial charge in [-0.25, -0.2) is 9.78 Å². The van der Waals surface area contributed by atoms with Gasteiger partial charge in [-0.15, -0.1) is 11.3 Å². The lowest BCUT2D eigenvalue weighted by atomic mass is 10.3. The quantitative estimate of drug-likeness (QED) is 0.769. The fourth-order valence-corrected chi connectivity index (χ4v) is 2.10. The molecule has 0 saturated heterocycles. The normalized spacial score (nSPS) is 9.90. The number of hydrogen-bond donors (Lipinski definition) is 3. The highest BCUT2D eigenvalue weighted by atomic mass is 32.1. The highest BCUT2D eigenvalue weighted by Gasteiger charge is 2.09. The molecule has 0 spiro atoms. The van der Waals surface area contributed by atoms with E-state index >= 15 is 0 Å².